The molecule has 7 aromatic carbocycles. The number of carbonyl (C=O) groups is 2. The molecule has 0 saturated carbocycles. The Morgan fingerprint density at radius 2 is 0.814 bits per heavy atom. The molecule has 14 N–H and O–H groups in total. The van der Waals surface area contributed by atoms with E-state index < -0.39 is 0 Å². The van der Waals surface area contributed by atoms with Crippen molar-refractivity contribution in [2.45, 2.75) is 27.7 Å². The molecule has 10 nitrogen and oxygen atoms in total. The number of para-hydroxylation sites is 1. The molecular formula is C49H58N8O2. The Labute approximate surface area is 349 Å². The molecule has 59 heavy (non-hydrogen) atoms. The third-order valence-electron chi connectivity index (χ3n) is 8.03. The number of amides is 2. The van der Waals surface area contributed by atoms with Crippen LogP contribution in [0.1, 0.15) is 51.3 Å². The van der Waals surface area contributed by atoms with E-state index in [1.807, 2.05) is 129 Å². The van der Waals surface area contributed by atoms with Gasteiger partial charge in [0.15, 0.2) is 0 Å². The fraction of sp³-hybridized carbons (Fsp3) is 0.102. The second-order valence-corrected chi connectivity index (χ2v) is 12.2. The third-order valence-corrected chi connectivity index (χ3v) is 8.03. The molecule has 0 spiro atoms. The smallest absolute Gasteiger partial charge is 0.261 e. The van der Waals surface area contributed by atoms with Crippen LogP contribution in [-0.4, -0.2) is 23.8 Å². The lowest BCUT2D eigenvalue weighted by Gasteiger charge is -2.02. The lowest BCUT2D eigenvalue weighted by Crippen LogP contribution is -2.24. The molecule has 0 fully saturated rings. The molecule has 8 rings (SSSR count). The maximum Gasteiger partial charge on any atom is 0.261 e. The van der Waals surface area contributed by atoms with Crippen molar-refractivity contribution in [1.29, 1.82) is 0 Å². The summed E-state index contributed by atoms with van der Waals surface area (Å²) >= 11 is 0. The summed E-state index contributed by atoms with van der Waals surface area (Å²) in [7, 11) is 1.46. The molecule has 0 saturated heterocycles. The standard InChI is InChI=1S/C12H12N2.C12H12.C11H7NO2.C6H7N.C6H6.C2H6.2H4N2/c13-11-5-1-9(2-6-11)10-3-7-12(14)8-4-10;1-9-3-5-12-8-10(2)4-6-11(12)7-9;1-3-7-4-5-8-9(6-7)11(14)12(2)10(8)13;7-6-4-2-1-3-5-6;1-2-4-6-5-3-1;3*1-2/h1-8H,13-14H2;3-8H,1-2H3;1,4-6H,2H3;1-5H,7H2;1-6H;1-2H3;2*1-2H2. The molecule has 0 aliphatic carbocycles. The number of rotatable bonds is 1. The topological polar surface area (TPSA) is 220 Å². The fourth-order valence-corrected chi connectivity index (χ4v) is 5.12. The summed E-state index contributed by atoms with van der Waals surface area (Å²) in [5.74, 6) is 17.9. The summed E-state index contributed by atoms with van der Waals surface area (Å²) in [6.07, 6.45) is 5.20. The average molecular weight is 791 g/mol. The highest BCUT2D eigenvalue weighted by molar-refractivity contribution is 6.21. The Bertz CT molecular complexity index is 2180. The van der Waals surface area contributed by atoms with Gasteiger partial charge in [-0.2, -0.15) is 0 Å². The molecule has 2 amide bonds. The number of nitrogen functional groups attached to an aromatic ring is 3. The highest BCUT2D eigenvalue weighted by Crippen LogP contribution is 2.23. The van der Waals surface area contributed by atoms with Gasteiger partial charge in [0.05, 0.1) is 11.1 Å². The van der Waals surface area contributed by atoms with Gasteiger partial charge in [-0.3, -0.25) is 37.9 Å². The third kappa shape index (κ3) is 17.2. The van der Waals surface area contributed by atoms with Crippen molar-refractivity contribution in [2.75, 3.05) is 24.2 Å². The molecule has 0 radical (unpaired) electrons. The van der Waals surface area contributed by atoms with Gasteiger partial charge in [0.25, 0.3) is 11.8 Å². The van der Waals surface area contributed by atoms with Crippen LogP contribution in [-0.2, 0) is 0 Å². The van der Waals surface area contributed by atoms with E-state index in [1.54, 1.807) is 18.2 Å². The number of anilines is 3. The number of carbonyl (C=O) groups excluding carboxylic acids is 2. The zero-order chi connectivity index (χ0) is 44.2. The number of nitrogens with zero attached hydrogens (tertiary/aromatic N) is 1. The van der Waals surface area contributed by atoms with Crippen LogP contribution in [0.5, 0.6) is 0 Å². The minimum Gasteiger partial charge on any atom is -0.399 e. The van der Waals surface area contributed by atoms with Crippen molar-refractivity contribution >= 4 is 39.6 Å². The zero-order valence-corrected chi connectivity index (χ0v) is 34.5. The van der Waals surface area contributed by atoms with Crippen molar-refractivity contribution in [3.8, 4) is 23.5 Å². The predicted molar refractivity (Wildman–Crippen MR) is 250 cm³/mol. The van der Waals surface area contributed by atoms with Crippen molar-refractivity contribution in [3.63, 3.8) is 0 Å². The maximum absolute atomic E-state index is 11.5. The molecule has 10 heteroatoms. The minimum atomic E-state index is -0.290. The van der Waals surface area contributed by atoms with Crippen LogP contribution in [0.15, 0.2) is 170 Å². The highest BCUT2D eigenvalue weighted by Gasteiger charge is 2.32. The lowest BCUT2D eigenvalue weighted by molar-refractivity contribution is 0.0693. The first-order chi connectivity index (χ1) is 28.5. The van der Waals surface area contributed by atoms with Crippen LogP contribution in [0.3, 0.4) is 0 Å². The number of fused-ring (bicyclic) bond motifs is 2. The second kappa shape index (κ2) is 28.2. The quantitative estimate of drug-likeness (QED) is 0.0278. The number of hydrogen-bond donors (Lipinski definition) is 7. The van der Waals surface area contributed by atoms with Crippen molar-refractivity contribution in [1.82, 2.24) is 4.90 Å². The van der Waals surface area contributed by atoms with E-state index in [2.05, 4.69) is 79.5 Å². The maximum atomic E-state index is 11.5. The van der Waals surface area contributed by atoms with E-state index in [1.165, 1.54) is 28.9 Å². The van der Waals surface area contributed by atoms with Gasteiger partial charge in [0.1, 0.15) is 0 Å². The van der Waals surface area contributed by atoms with Crippen molar-refractivity contribution in [3.05, 3.63) is 198 Å². The Balaban J connectivity index is 0.000000367. The number of terminal acetylenes is 1. The fourth-order valence-electron chi connectivity index (χ4n) is 5.12. The molecule has 0 aromatic heterocycles. The summed E-state index contributed by atoms with van der Waals surface area (Å²) in [6.45, 7) is 8.25. The van der Waals surface area contributed by atoms with Gasteiger partial charge >= 0.3 is 0 Å². The molecule has 0 atom stereocenters. The van der Waals surface area contributed by atoms with Crippen LogP contribution >= 0.6 is 0 Å². The number of aryl methyl sites for hydroxylation is 2. The summed E-state index contributed by atoms with van der Waals surface area (Å²) in [5, 5.41) is 2.67. The Hall–Kier alpha value is -7.26. The molecule has 0 unspecified atom stereocenters. The summed E-state index contributed by atoms with van der Waals surface area (Å²) < 4.78 is 0. The van der Waals surface area contributed by atoms with Crippen molar-refractivity contribution < 1.29 is 9.59 Å². The first-order valence-corrected chi connectivity index (χ1v) is 18.6. The normalized spacial score (nSPS) is 10.0. The molecular weight excluding hydrogens is 733 g/mol. The van der Waals surface area contributed by atoms with Crippen LogP contribution in [0.25, 0.3) is 21.9 Å². The lowest BCUT2D eigenvalue weighted by atomic mass is 10.1. The number of nitrogens with two attached hydrogens (primary N) is 7. The first kappa shape index (κ1) is 49.8. The highest BCUT2D eigenvalue weighted by atomic mass is 16.2. The van der Waals surface area contributed by atoms with Gasteiger partial charge in [-0.05, 0) is 90.3 Å². The number of benzene rings is 7. The van der Waals surface area contributed by atoms with E-state index in [4.69, 9.17) is 23.6 Å². The first-order valence-electron chi connectivity index (χ1n) is 18.6. The van der Waals surface area contributed by atoms with E-state index in [9.17, 15) is 9.59 Å². The van der Waals surface area contributed by atoms with Gasteiger partial charge in [-0.25, -0.2) is 0 Å². The summed E-state index contributed by atoms with van der Waals surface area (Å²) in [6, 6.07) is 55.0. The van der Waals surface area contributed by atoms with Gasteiger partial charge in [-0.15, -0.1) is 6.42 Å². The van der Waals surface area contributed by atoms with Gasteiger partial charge in [-0.1, -0.05) is 146 Å². The predicted octanol–water partition coefficient (Wildman–Crippen LogP) is 8.49. The second-order valence-electron chi connectivity index (χ2n) is 12.2. The number of hydrogen-bond acceptors (Lipinski definition) is 9. The van der Waals surface area contributed by atoms with Crippen LogP contribution in [0.2, 0.25) is 0 Å². The van der Waals surface area contributed by atoms with Gasteiger partial charge in [0, 0.05) is 29.7 Å². The Morgan fingerprint density at radius 3 is 1.17 bits per heavy atom. The SMILES string of the molecule is C#Cc1ccc2c(c1)C(=O)N(C)C2=O.CC.Cc1ccc2cc(C)ccc2c1.NN.NN.Nc1ccc(-c2ccc(N)cc2)cc1.Nc1ccccc1.c1ccccc1. The largest absolute Gasteiger partial charge is 0.399 e. The number of hydrazine groups is 2. The average Bonchev–Trinajstić information content (AvgIpc) is 3.51. The number of imide groups is 1. The van der Waals surface area contributed by atoms with Crippen LogP contribution in [0, 0.1) is 26.2 Å². The van der Waals surface area contributed by atoms with Crippen LogP contribution < -0.4 is 40.6 Å². The summed E-state index contributed by atoms with van der Waals surface area (Å²) in [4.78, 5) is 24.1. The summed E-state index contributed by atoms with van der Waals surface area (Å²) in [5.41, 5.74) is 25.4. The zero-order valence-electron chi connectivity index (χ0n) is 34.5. The molecule has 1 aliphatic heterocycles. The van der Waals surface area contributed by atoms with Crippen LogP contribution in [0.4, 0.5) is 17.1 Å². The minimum absolute atomic E-state index is 0.270. The van der Waals surface area contributed by atoms with Gasteiger partial charge in [0.2, 0.25) is 0 Å². The Morgan fingerprint density at radius 1 is 0.458 bits per heavy atom. The molecule has 7 aromatic rings. The van der Waals surface area contributed by atoms with E-state index in [0.29, 0.717) is 16.7 Å². The van der Waals surface area contributed by atoms with E-state index in [0.717, 1.165) is 33.1 Å². The van der Waals surface area contributed by atoms with Crippen molar-refractivity contribution in [2.24, 2.45) is 23.4 Å². The van der Waals surface area contributed by atoms with Gasteiger partial charge < -0.3 is 17.2 Å². The molecule has 1 heterocycles. The molecule has 306 valence electrons. The molecule has 1 aliphatic rings. The van der Waals surface area contributed by atoms with E-state index >= 15 is 0 Å². The Kier molecular flexibility index (Phi) is 23.8. The molecule has 0 bridgehead atoms. The monoisotopic (exact) mass is 790 g/mol. The van der Waals surface area contributed by atoms with E-state index in [-0.39, 0.29) is 11.8 Å².